The standard InChI is InChI=1S/C20H25N7O2/c1-4-16(28)27-10-6-9-15(13(27)3)23-20-24-19(17(18(21)29)25-26-20)22-14-8-5-7-12(2)11-14/h4-5,7-8,11,13,15H,1,6,9-10H2,2-3H3,(H2,21,29)(H2,22,23,24,26)/t13-,15-/m1/s1. The first-order valence-electron chi connectivity index (χ1n) is 9.47. The monoisotopic (exact) mass is 395 g/mol. The fraction of sp³-hybridized carbons (Fsp3) is 0.350. The van der Waals surface area contributed by atoms with E-state index in [-0.39, 0.29) is 35.5 Å². The molecule has 0 bridgehead atoms. The Kier molecular flexibility index (Phi) is 6.06. The molecule has 3 rings (SSSR count). The van der Waals surface area contributed by atoms with Gasteiger partial charge >= 0.3 is 0 Å². The maximum absolute atomic E-state index is 12.1. The molecule has 9 heteroatoms. The minimum Gasteiger partial charge on any atom is -0.364 e. The van der Waals surface area contributed by atoms with Crippen LogP contribution >= 0.6 is 0 Å². The third-order valence-electron chi connectivity index (χ3n) is 4.96. The Hall–Kier alpha value is -3.49. The van der Waals surface area contributed by atoms with Crippen molar-refractivity contribution in [3.8, 4) is 0 Å². The fourth-order valence-corrected chi connectivity index (χ4v) is 3.43. The van der Waals surface area contributed by atoms with Crippen LogP contribution in [-0.4, -0.2) is 50.5 Å². The number of carbonyl (C=O) groups excluding carboxylic acids is 2. The number of nitrogens with one attached hydrogen (secondary N) is 2. The van der Waals surface area contributed by atoms with E-state index in [2.05, 4.69) is 32.4 Å². The summed E-state index contributed by atoms with van der Waals surface area (Å²) in [5.74, 6) is -0.340. The number of hydrogen-bond acceptors (Lipinski definition) is 7. The van der Waals surface area contributed by atoms with Crippen LogP contribution in [0.1, 0.15) is 35.8 Å². The van der Waals surface area contributed by atoms with Crippen LogP contribution in [-0.2, 0) is 4.79 Å². The van der Waals surface area contributed by atoms with E-state index >= 15 is 0 Å². The summed E-state index contributed by atoms with van der Waals surface area (Å²) in [7, 11) is 0. The molecule has 1 saturated heterocycles. The van der Waals surface area contributed by atoms with Crippen LogP contribution in [0.4, 0.5) is 17.5 Å². The number of likely N-dealkylation sites (tertiary alicyclic amines) is 1. The van der Waals surface area contributed by atoms with Crippen LogP contribution in [0, 0.1) is 6.92 Å². The van der Waals surface area contributed by atoms with Gasteiger partial charge in [0, 0.05) is 24.3 Å². The Morgan fingerprint density at radius 1 is 1.34 bits per heavy atom. The zero-order valence-corrected chi connectivity index (χ0v) is 16.6. The highest BCUT2D eigenvalue weighted by Gasteiger charge is 2.30. The number of nitrogens with two attached hydrogens (primary N) is 1. The van der Waals surface area contributed by atoms with Gasteiger partial charge in [-0.05, 0) is 50.5 Å². The predicted molar refractivity (Wildman–Crippen MR) is 111 cm³/mol. The molecule has 152 valence electrons. The first-order valence-corrected chi connectivity index (χ1v) is 9.47. The average Bonchev–Trinajstić information content (AvgIpc) is 2.69. The number of aromatic nitrogens is 3. The van der Waals surface area contributed by atoms with Crippen molar-refractivity contribution in [1.29, 1.82) is 0 Å². The summed E-state index contributed by atoms with van der Waals surface area (Å²) >= 11 is 0. The Bertz CT molecular complexity index is 931. The molecule has 1 aromatic heterocycles. The number of nitrogens with zero attached hydrogens (tertiary/aromatic N) is 4. The van der Waals surface area contributed by atoms with E-state index in [0.717, 1.165) is 24.1 Å². The number of rotatable bonds is 6. The lowest BCUT2D eigenvalue weighted by Crippen LogP contribution is -2.51. The lowest BCUT2D eigenvalue weighted by molar-refractivity contribution is -0.129. The van der Waals surface area contributed by atoms with Gasteiger partial charge in [-0.25, -0.2) is 0 Å². The number of carbonyl (C=O) groups is 2. The van der Waals surface area contributed by atoms with E-state index in [4.69, 9.17) is 5.73 Å². The quantitative estimate of drug-likeness (QED) is 0.639. The second-order valence-electron chi connectivity index (χ2n) is 7.06. The second kappa shape index (κ2) is 8.68. The van der Waals surface area contributed by atoms with Gasteiger partial charge in [0.15, 0.2) is 11.5 Å². The third kappa shape index (κ3) is 4.68. The van der Waals surface area contributed by atoms with Crippen LogP contribution in [0.25, 0.3) is 0 Å². The van der Waals surface area contributed by atoms with Crippen molar-refractivity contribution < 1.29 is 9.59 Å². The van der Waals surface area contributed by atoms with Crippen molar-refractivity contribution in [3.63, 3.8) is 0 Å². The van der Waals surface area contributed by atoms with Crippen LogP contribution in [0.15, 0.2) is 36.9 Å². The number of amides is 2. The lowest BCUT2D eigenvalue weighted by Gasteiger charge is -2.39. The van der Waals surface area contributed by atoms with Gasteiger partial charge < -0.3 is 21.3 Å². The largest absolute Gasteiger partial charge is 0.364 e. The molecule has 0 spiro atoms. The van der Waals surface area contributed by atoms with Crippen molar-refractivity contribution in [3.05, 3.63) is 48.2 Å². The lowest BCUT2D eigenvalue weighted by atomic mass is 9.97. The number of aryl methyl sites for hydroxylation is 1. The molecule has 0 unspecified atom stereocenters. The van der Waals surface area contributed by atoms with Gasteiger partial charge in [-0.3, -0.25) is 9.59 Å². The van der Waals surface area contributed by atoms with Gasteiger partial charge in [0.05, 0.1) is 0 Å². The normalized spacial score (nSPS) is 18.8. The first kappa shape index (κ1) is 20.2. The number of piperidine rings is 1. The molecule has 1 fully saturated rings. The molecule has 2 atom stereocenters. The van der Waals surface area contributed by atoms with Gasteiger partial charge in [-0.1, -0.05) is 18.7 Å². The summed E-state index contributed by atoms with van der Waals surface area (Å²) in [6.45, 7) is 8.18. The van der Waals surface area contributed by atoms with E-state index in [9.17, 15) is 9.59 Å². The minimum atomic E-state index is -0.722. The Balaban J connectivity index is 1.83. The van der Waals surface area contributed by atoms with Crippen LogP contribution in [0.5, 0.6) is 0 Å². The zero-order valence-electron chi connectivity index (χ0n) is 16.6. The highest BCUT2D eigenvalue weighted by Crippen LogP contribution is 2.23. The minimum absolute atomic E-state index is 0.0442. The molecule has 2 heterocycles. The van der Waals surface area contributed by atoms with Gasteiger partial charge in [0.2, 0.25) is 11.9 Å². The van der Waals surface area contributed by atoms with Crippen molar-refractivity contribution in [1.82, 2.24) is 20.1 Å². The summed E-state index contributed by atoms with van der Waals surface area (Å²) in [5, 5.41) is 14.3. The summed E-state index contributed by atoms with van der Waals surface area (Å²) < 4.78 is 0. The molecule has 0 radical (unpaired) electrons. The van der Waals surface area contributed by atoms with E-state index in [1.807, 2.05) is 38.1 Å². The van der Waals surface area contributed by atoms with Crippen LogP contribution < -0.4 is 16.4 Å². The molecule has 1 aliphatic heterocycles. The molecule has 1 aliphatic rings. The molecule has 2 amide bonds. The van der Waals surface area contributed by atoms with E-state index in [0.29, 0.717) is 6.54 Å². The number of benzene rings is 1. The maximum Gasteiger partial charge on any atom is 0.273 e. The molecule has 1 aromatic carbocycles. The summed E-state index contributed by atoms with van der Waals surface area (Å²) in [6, 6.07) is 7.51. The highest BCUT2D eigenvalue weighted by atomic mass is 16.2. The smallest absolute Gasteiger partial charge is 0.273 e. The Morgan fingerprint density at radius 2 is 2.14 bits per heavy atom. The average molecular weight is 395 g/mol. The summed E-state index contributed by atoms with van der Waals surface area (Å²) in [5.41, 5.74) is 7.19. The van der Waals surface area contributed by atoms with E-state index in [1.54, 1.807) is 4.90 Å². The van der Waals surface area contributed by atoms with E-state index < -0.39 is 5.91 Å². The zero-order chi connectivity index (χ0) is 21.0. The van der Waals surface area contributed by atoms with Crippen LogP contribution in [0.3, 0.4) is 0 Å². The number of hydrogen-bond donors (Lipinski definition) is 3. The number of primary amides is 1. The molecule has 2 aromatic rings. The maximum atomic E-state index is 12.1. The Labute approximate surface area is 169 Å². The molecule has 9 nitrogen and oxygen atoms in total. The van der Waals surface area contributed by atoms with Gasteiger partial charge in [-0.15, -0.1) is 10.2 Å². The second-order valence-corrected chi connectivity index (χ2v) is 7.06. The summed E-state index contributed by atoms with van der Waals surface area (Å²) in [4.78, 5) is 30.0. The predicted octanol–water partition coefficient (Wildman–Crippen LogP) is 2.00. The van der Waals surface area contributed by atoms with Gasteiger partial charge in [0.1, 0.15) is 0 Å². The Morgan fingerprint density at radius 3 is 2.83 bits per heavy atom. The van der Waals surface area contributed by atoms with Gasteiger partial charge in [-0.2, -0.15) is 4.98 Å². The van der Waals surface area contributed by atoms with Crippen molar-refractivity contribution in [2.75, 3.05) is 17.2 Å². The van der Waals surface area contributed by atoms with Crippen LogP contribution in [0.2, 0.25) is 0 Å². The molecule has 0 aliphatic carbocycles. The molecule has 0 saturated carbocycles. The van der Waals surface area contributed by atoms with Crippen molar-refractivity contribution >= 4 is 29.3 Å². The molecule has 29 heavy (non-hydrogen) atoms. The topological polar surface area (TPSA) is 126 Å². The molecule has 4 N–H and O–H groups in total. The first-order chi connectivity index (χ1) is 13.9. The van der Waals surface area contributed by atoms with Gasteiger partial charge in [0.25, 0.3) is 5.91 Å². The van der Waals surface area contributed by atoms with E-state index in [1.165, 1.54) is 6.08 Å². The third-order valence-corrected chi connectivity index (χ3v) is 4.96. The van der Waals surface area contributed by atoms with Crippen molar-refractivity contribution in [2.45, 2.75) is 38.8 Å². The SMILES string of the molecule is C=CC(=O)N1CCC[C@@H](Nc2nnc(C(N)=O)c(Nc3cccc(C)c3)n2)[C@H]1C. The molecular formula is C20H25N7O2. The molecular weight excluding hydrogens is 370 g/mol. The highest BCUT2D eigenvalue weighted by molar-refractivity contribution is 5.96. The van der Waals surface area contributed by atoms with Crippen molar-refractivity contribution in [2.24, 2.45) is 5.73 Å². The fourth-order valence-electron chi connectivity index (χ4n) is 3.43. The number of anilines is 3. The summed E-state index contributed by atoms with van der Waals surface area (Å²) in [6.07, 6.45) is 3.02.